The van der Waals surface area contributed by atoms with E-state index in [9.17, 15) is 0 Å². The highest BCUT2D eigenvalue weighted by Gasteiger charge is 2.17. The lowest BCUT2D eigenvalue weighted by Crippen LogP contribution is -2.35. The molecule has 1 aliphatic rings. The Balaban J connectivity index is 1.97. The fourth-order valence-corrected chi connectivity index (χ4v) is 1.83. The van der Waals surface area contributed by atoms with Crippen LogP contribution in [0.2, 0.25) is 0 Å². The Morgan fingerprint density at radius 1 is 1.33 bits per heavy atom. The monoisotopic (exact) mass is 210 g/mol. The molecule has 0 N–H and O–H groups in total. The Labute approximate surface area is 93.0 Å². The summed E-state index contributed by atoms with van der Waals surface area (Å²) in [6, 6.07) is 2.35. The molecule has 0 atom stereocenters. The van der Waals surface area contributed by atoms with Crippen molar-refractivity contribution in [2.75, 3.05) is 32.8 Å². The first-order valence-corrected chi connectivity index (χ1v) is 6.06. The van der Waals surface area contributed by atoms with Gasteiger partial charge in [0.05, 0.1) is 12.7 Å². The van der Waals surface area contributed by atoms with E-state index in [0.717, 1.165) is 52.1 Å². The summed E-state index contributed by atoms with van der Waals surface area (Å²) in [6.45, 7) is 7.07. The molecule has 0 saturated carbocycles. The van der Waals surface area contributed by atoms with E-state index >= 15 is 0 Å². The van der Waals surface area contributed by atoms with Gasteiger partial charge >= 0.3 is 0 Å². The summed E-state index contributed by atoms with van der Waals surface area (Å²) in [7, 11) is 0. The quantitative estimate of drug-likeness (QED) is 0.629. The zero-order valence-corrected chi connectivity index (χ0v) is 9.74. The van der Waals surface area contributed by atoms with Crippen LogP contribution in [0.5, 0.6) is 0 Å². The molecule has 3 nitrogen and oxygen atoms in total. The normalized spacial score (nSPS) is 18.9. The van der Waals surface area contributed by atoms with E-state index in [2.05, 4.69) is 17.9 Å². The van der Waals surface area contributed by atoms with Gasteiger partial charge in [-0.1, -0.05) is 13.3 Å². The number of rotatable bonds is 6. The molecule has 0 aliphatic carbocycles. The van der Waals surface area contributed by atoms with Crippen molar-refractivity contribution in [1.82, 2.24) is 4.90 Å². The number of likely N-dealkylation sites (tertiary alicyclic amines) is 1. The van der Waals surface area contributed by atoms with Crippen molar-refractivity contribution in [3.05, 3.63) is 0 Å². The largest absolute Gasteiger partial charge is 0.380 e. The lowest BCUT2D eigenvalue weighted by Gasteiger charge is -2.28. The van der Waals surface area contributed by atoms with Crippen LogP contribution in [0.1, 0.15) is 32.6 Å². The Hall–Kier alpha value is -0.590. The lowest BCUT2D eigenvalue weighted by atomic mass is 9.99. The third-order valence-corrected chi connectivity index (χ3v) is 2.96. The molecule has 1 rings (SSSR count). The molecule has 0 unspecified atom stereocenters. The van der Waals surface area contributed by atoms with Gasteiger partial charge in [0, 0.05) is 19.1 Å². The van der Waals surface area contributed by atoms with Crippen LogP contribution in [-0.4, -0.2) is 37.7 Å². The lowest BCUT2D eigenvalue weighted by molar-refractivity contribution is 0.0908. The van der Waals surface area contributed by atoms with Crippen LogP contribution in [0, 0.1) is 17.2 Å². The molecule has 0 spiro atoms. The van der Waals surface area contributed by atoms with Crippen LogP contribution in [0.25, 0.3) is 0 Å². The Morgan fingerprint density at radius 2 is 2.07 bits per heavy atom. The van der Waals surface area contributed by atoms with E-state index in [1.807, 2.05) is 0 Å². The number of hydrogen-bond acceptors (Lipinski definition) is 3. The molecule has 3 heteroatoms. The van der Waals surface area contributed by atoms with Gasteiger partial charge in [-0.25, -0.2) is 0 Å². The molecular weight excluding hydrogens is 188 g/mol. The molecule has 0 aromatic heterocycles. The topological polar surface area (TPSA) is 36.3 Å². The van der Waals surface area contributed by atoms with E-state index < -0.39 is 0 Å². The SMILES string of the molecule is CCCCOCCN1CCC(C#N)CC1. The van der Waals surface area contributed by atoms with E-state index in [-0.39, 0.29) is 0 Å². The summed E-state index contributed by atoms with van der Waals surface area (Å²) in [4.78, 5) is 2.40. The van der Waals surface area contributed by atoms with Crippen LogP contribution >= 0.6 is 0 Å². The standard InChI is InChI=1S/C12H22N2O/c1-2-3-9-15-10-8-14-6-4-12(11-13)5-7-14/h12H,2-10H2,1H3. The van der Waals surface area contributed by atoms with Gasteiger partial charge in [-0.05, 0) is 32.4 Å². The van der Waals surface area contributed by atoms with Crippen molar-refractivity contribution >= 4 is 0 Å². The maximum Gasteiger partial charge on any atom is 0.0656 e. The van der Waals surface area contributed by atoms with Crippen molar-refractivity contribution in [2.24, 2.45) is 5.92 Å². The molecule has 1 aliphatic heterocycles. The van der Waals surface area contributed by atoms with Crippen molar-refractivity contribution < 1.29 is 4.74 Å². The summed E-state index contributed by atoms with van der Waals surface area (Å²) in [6.07, 6.45) is 4.43. The maximum atomic E-state index is 8.76. The molecule has 0 aromatic rings. The fourth-order valence-electron chi connectivity index (χ4n) is 1.83. The molecule has 1 saturated heterocycles. The molecule has 15 heavy (non-hydrogen) atoms. The zero-order chi connectivity index (χ0) is 10.9. The number of ether oxygens (including phenoxy) is 1. The second-order valence-electron chi connectivity index (χ2n) is 4.21. The number of nitrogens with zero attached hydrogens (tertiary/aromatic N) is 2. The fraction of sp³-hybridized carbons (Fsp3) is 0.917. The number of piperidine rings is 1. The summed E-state index contributed by atoms with van der Waals surface area (Å²) in [5, 5.41) is 8.76. The molecule has 1 fully saturated rings. The van der Waals surface area contributed by atoms with Crippen LogP contribution < -0.4 is 0 Å². The third kappa shape index (κ3) is 5.15. The predicted molar refractivity (Wildman–Crippen MR) is 60.5 cm³/mol. The highest BCUT2D eigenvalue weighted by atomic mass is 16.5. The molecule has 0 radical (unpaired) electrons. The highest BCUT2D eigenvalue weighted by Crippen LogP contribution is 2.15. The van der Waals surface area contributed by atoms with E-state index in [1.54, 1.807) is 0 Å². The van der Waals surface area contributed by atoms with Gasteiger partial charge in [-0.3, -0.25) is 0 Å². The Bertz CT molecular complexity index is 192. The van der Waals surface area contributed by atoms with Gasteiger partial charge in [0.15, 0.2) is 0 Å². The second-order valence-corrected chi connectivity index (χ2v) is 4.21. The summed E-state index contributed by atoms with van der Waals surface area (Å²) in [5.41, 5.74) is 0. The summed E-state index contributed by atoms with van der Waals surface area (Å²) in [5.74, 6) is 0.294. The molecular formula is C12H22N2O. The van der Waals surface area contributed by atoms with Gasteiger partial charge in [-0.2, -0.15) is 5.26 Å². The van der Waals surface area contributed by atoms with E-state index in [4.69, 9.17) is 10.00 Å². The zero-order valence-electron chi connectivity index (χ0n) is 9.74. The molecule has 0 amide bonds. The van der Waals surface area contributed by atoms with Gasteiger partial charge in [0.2, 0.25) is 0 Å². The number of nitriles is 1. The van der Waals surface area contributed by atoms with Gasteiger partial charge in [0.25, 0.3) is 0 Å². The number of hydrogen-bond donors (Lipinski definition) is 0. The minimum Gasteiger partial charge on any atom is -0.380 e. The molecule has 0 aromatic carbocycles. The number of unbranched alkanes of at least 4 members (excludes halogenated alkanes) is 1. The highest BCUT2D eigenvalue weighted by molar-refractivity contribution is 4.87. The first-order valence-electron chi connectivity index (χ1n) is 6.06. The van der Waals surface area contributed by atoms with Gasteiger partial charge < -0.3 is 9.64 Å². The van der Waals surface area contributed by atoms with Crippen molar-refractivity contribution in [3.8, 4) is 6.07 Å². The first-order chi connectivity index (χ1) is 7.36. The van der Waals surface area contributed by atoms with E-state index in [1.165, 1.54) is 6.42 Å². The minimum atomic E-state index is 0.294. The maximum absolute atomic E-state index is 8.76. The smallest absolute Gasteiger partial charge is 0.0656 e. The summed E-state index contributed by atoms with van der Waals surface area (Å²) >= 11 is 0. The van der Waals surface area contributed by atoms with Crippen LogP contribution in [0.3, 0.4) is 0 Å². The van der Waals surface area contributed by atoms with Gasteiger partial charge in [-0.15, -0.1) is 0 Å². The van der Waals surface area contributed by atoms with Gasteiger partial charge in [0.1, 0.15) is 0 Å². The first kappa shape index (κ1) is 12.5. The third-order valence-electron chi connectivity index (χ3n) is 2.96. The summed E-state index contributed by atoms with van der Waals surface area (Å²) < 4.78 is 5.52. The van der Waals surface area contributed by atoms with Crippen molar-refractivity contribution in [1.29, 1.82) is 5.26 Å². The van der Waals surface area contributed by atoms with Crippen molar-refractivity contribution in [2.45, 2.75) is 32.6 Å². The van der Waals surface area contributed by atoms with Crippen LogP contribution in [0.15, 0.2) is 0 Å². The average Bonchev–Trinajstić information content (AvgIpc) is 2.30. The average molecular weight is 210 g/mol. The van der Waals surface area contributed by atoms with E-state index in [0.29, 0.717) is 5.92 Å². The molecule has 1 heterocycles. The van der Waals surface area contributed by atoms with Crippen LogP contribution in [-0.2, 0) is 4.74 Å². The predicted octanol–water partition coefficient (Wildman–Crippen LogP) is 2.04. The molecule has 0 bridgehead atoms. The Kier molecular flexibility index (Phi) is 6.38. The molecule has 86 valence electrons. The van der Waals surface area contributed by atoms with Crippen LogP contribution in [0.4, 0.5) is 0 Å². The Morgan fingerprint density at radius 3 is 2.67 bits per heavy atom. The minimum absolute atomic E-state index is 0.294. The van der Waals surface area contributed by atoms with Crippen molar-refractivity contribution in [3.63, 3.8) is 0 Å². The second kappa shape index (κ2) is 7.67.